The van der Waals surface area contributed by atoms with Crippen LogP contribution in [-0.2, 0) is 28.6 Å². The van der Waals surface area contributed by atoms with E-state index in [1.807, 2.05) is 21.1 Å². The zero-order valence-electron chi connectivity index (χ0n) is 38.9. The number of hydrogen-bond acceptors (Lipinski definition) is 6. The van der Waals surface area contributed by atoms with Crippen LogP contribution in [-0.4, -0.2) is 80.6 Å². The Labute approximate surface area is 367 Å². The minimum atomic E-state index is -0.884. The highest BCUT2D eigenvalue weighted by Gasteiger charge is 2.31. The van der Waals surface area contributed by atoms with E-state index in [2.05, 4.69) is 98.9 Å². The minimum Gasteiger partial charge on any atom is -0.477 e. The van der Waals surface area contributed by atoms with E-state index in [9.17, 15) is 19.5 Å². The first-order valence-electron chi connectivity index (χ1n) is 23.6. The minimum absolute atomic E-state index is 0.0423. The fraction of sp³-hybridized carbons (Fsp3) is 0.673. The Morgan fingerprint density at radius 1 is 0.517 bits per heavy atom. The summed E-state index contributed by atoms with van der Waals surface area (Å²) in [5, 5.41) is 9.64. The molecule has 0 aromatic heterocycles. The summed E-state index contributed by atoms with van der Waals surface area (Å²) in [6.45, 7) is 4.54. The van der Waals surface area contributed by atoms with Crippen LogP contribution in [0, 0.1) is 0 Å². The Bertz CT molecular complexity index is 1250. The highest BCUT2D eigenvalue weighted by Crippen LogP contribution is 2.13. The molecular weight excluding hydrogens is 751 g/mol. The maximum Gasteiger partial charge on any atom is 0.362 e. The topological polar surface area (TPSA) is 99.1 Å². The van der Waals surface area contributed by atoms with Gasteiger partial charge in [-0.3, -0.25) is 9.59 Å². The second-order valence-electron chi connectivity index (χ2n) is 16.6. The molecule has 0 amide bonds. The van der Waals surface area contributed by atoms with Crippen molar-refractivity contribution in [1.82, 2.24) is 0 Å². The van der Waals surface area contributed by atoms with E-state index in [1.54, 1.807) is 0 Å². The molecule has 0 bridgehead atoms. The number of rotatable bonds is 41. The van der Waals surface area contributed by atoms with Crippen molar-refractivity contribution in [2.45, 2.75) is 187 Å². The molecule has 0 aliphatic rings. The number of likely N-dealkylation sites (N-methyl/N-ethyl adjacent to an activating group) is 1. The van der Waals surface area contributed by atoms with Gasteiger partial charge in [0.15, 0.2) is 12.1 Å². The molecule has 0 heterocycles. The Balaban J connectivity index is 4.40. The van der Waals surface area contributed by atoms with Crippen LogP contribution in [0.3, 0.4) is 0 Å². The van der Waals surface area contributed by atoms with Gasteiger partial charge in [-0.1, -0.05) is 150 Å². The third-order valence-electron chi connectivity index (χ3n) is 10.0. The fourth-order valence-corrected chi connectivity index (χ4v) is 6.38. The van der Waals surface area contributed by atoms with Crippen molar-refractivity contribution < 1.29 is 38.2 Å². The average Bonchev–Trinajstić information content (AvgIpc) is 3.21. The number of nitrogens with zero attached hydrogens (tertiary/aromatic N) is 1. The molecule has 0 aliphatic carbocycles. The molecule has 8 nitrogen and oxygen atoms in total. The van der Waals surface area contributed by atoms with Crippen LogP contribution in [0.5, 0.6) is 0 Å². The van der Waals surface area contributed by atoms with E-state index in [1.165, 1.54) is 51.4 Å². The molecule has 2 atom stereocenters. The van der Waals surface area contributed by atoms with Gasteiger partial charge < -0.3 is 23.8 Å². The fourth-order valence-electron chi connectivity index (χ4n) is 6.38. The van der Waals surface area contributed by atoms with Crippen LogP contribution in [0.4, 0.5) is 0 Å². The molecule has 0 radical (unpaired) electrons. The number of unbranched alkanes of at least 4 members (excludes halogenated alkanes) is 13. The number of carbonyl (C=O) groups is 3. The van der Waals surface area contributed by atoms with E-state index in [-0.39, 0.29) is 36.2 Å². The van der Waals surface area contributed by atoms with E-state index in [0.717, 1.165) is 89.9 Å². The first-order valence-corrected chi connectivity index (χ1v) is 23.6. The van der Waals surface area contributed by atoms with Crippen molar-refractivity contribution in [2.24, 2.45) is 0 Å². The van der Waals surface area contributed by atoms with Gasteiger partial charge in [0.05, 0.1) is 34.4 Å². The molecule has 8 heteroatoms. The Kier molecular flexibility index (Phi) is 39.8. The number of esters is 2. The third kappa shape index (κ3) is 39.9. The highest BCUT2D eigenvalue weighted by atomic mass is 16.6. The lowest BCUT2D eigenvalue weighted by molar-refractivity contribution is -0.887. The highest BCUT2D eigenvalue weighted by molar-refractivity contribution is 5.72. The van der Waals surface area contributed by atoms with E-state index in [0.29, 0.717) is 19.3 Å². The maximum atomic E-state index is 12.8. The van der Waals surface area contributed by atoms with E-state index in [4.69, 9.17) is 14.2 Å². The summed E-state index contributed by atoms with van der Waals surface area (Å²) in [5.74, 6) is -1.53. The van der Waals surface area contributed by atoms with Crippen molar-refractivity contribution in [3.63, 3.8) is 0 Å². The first kappa shape index (κ1) is 56.5. The zero-order valence-corrected chi connectivity index (χ0v) is 38.9. The number of carboxylic acids is 1. The lowest BCUT2D eigenvalue weighted by atomic mass is 10.1. The number of aliphatic carboxylic acids is 1. The van der Waals surface area contributed by atoms with Gasteiger partial charge in [0.2, 0.25) is 0 Å². The standard InChI is InChI=1S/C52H87NO7/c1-6-8-10-12-14-16-18-20-22-24-25-27-28-30-32-34-36-38-40-42-50(54)59-47-48(46-58-45-44-49(52(56)57)53(3,4)5)60-51(55)43-41-39-37-35-33-31-29-26-23-21-19-17-15-13-11-9-7-2/h8,10,14-17,20-23,25,27,30,32,48-49H,6-7,9,11-13,18-19,24,26,28-29,31,33-47H2,1-5H3/p+1/b10-8+,16-14+,17-15+,22-20+,23-21+,27-25+,32-30+. The number of carboxylic acid groups (broad SMARTS) is 1. The van der Waals surface area contributed by atoms with Crippen molar-refractivity contribution in [1.29, 1.82) is 0 Å². The molecule has 0 aromatic rings. The average molecular weight is 839 g/mol. The normalized spacial score (nSPS) is 13.7. The van der Waals surface area contributed by atoms with Crippen molar-refractivity contribution in [3.05, 3.63) is 85.1 Å². The van der Waals surface area contributed by atoms with Gasteiger partial charge in [0.1, 0.15) is 6.61 Å². The lowest BCUT2D eigenvalue weighted by Crippen LogP contribution is -2.50. The van der Waals surface area contributed by atoms with Crippen molar-refractivity contribution in [3.8, 4) is 0 Å². The number of ether oxygens (including phenoxy) is 3. The van der Waals surface area contributed by atoms with E-state index < -0.39 is 18.1 Å². The van der Waals surface area contributed by atoms with Gasteiger partial charge in [-0.25, -0.2) is 4.79 Å². The van der Waals surface area contributed by atoms with Crippen molar-refractivity contribution >= 4 is 17.9 Å². The Morgan fingerprint density at radius 2 is 0.933 bits per heavy atom. The molecular formula is C52H88NO7+. The summed E-state index contributed by atoms with van der Waals surface area (Å²) >= 11 is 0. The molecule has 0 fully saturated rings. The monoisotopic (exact) mass is 839 g/mol. The summed E-state index contributed by atoms with van der Waals surface area (Å²) < 4.78 is 17.3. The van der Waals surface area contributed by atoms with Gasteiger partial charge in [0, 0.05) is 19.3 Å². The quantitative estimate of drug-likeness (QED) is 0.0283. The molecule has 2 unspecified atom stereocenters. The Morgan fingerprint density at radius 3 is 1.40 bits per heavy atom. The molecule has 342 valence electrons. The molecule has 0 rings (SSSR count). The Hall–Kier alpha value is -3.49. The first-order chi connectivity index (χ1) is 29.1. The van der Waals surface area contributed by atoms with Gasteiger partial charge >= 0.3 is 17.9 Å². The second-order valence-corrected chi connectivity index (χ2v) is 16.6. The summed E-state index contributed by atoms with van der Waals surface area (Å²) in [7, 11) is 5.51. The maximum absolute atomic E-state index is 12.8. The summed E-state index contributed by atoms with van der Waals surface area (Å²) in [4.78, 5) is 37.1. The molecule has 0 saturated heterocycles. The van der Waals surface area contributed by atoms with E-state index >= 15 is 0 Å². The molecule has 0 saturated carbocycles. The number of quaternary nitrogens is 1. The SMILES string of the molecule is CC/C=C/C/C=C/C/C=C/C/C=C/C/C=C/CCCCCC(=O)OCC(COCCC(C(=O)O)[N+](C)(C)C)OC(=O)CCCCCCCCC/C=C/C/C=C/CCCCC. The molecule has 0 spiro atoms. The van der Waals surface area contributed by atoms with Crippen LogP contribution in [0.25, 0.3) is 0 Å². The summed E-state index contributed by atoms with van der Waals surface area (Å²) in [6.07, 6.45) is 54.8. The van der Waals surface area contributed by atoms with Gasteiger partial charge in [-0.2, -0.15) is 0 Å². The van der Waals surface area contributed by atoms with Gasteiger partial charge in [-0.05, 0) is 89.9 Å². The predicted octanol–water partition coefficient (Wildman–Crippen LogP) is 13.3. The number of allylic oxidation sites excluding steroid dienone is 14. The second kappa shape index (κ2) is 42.2. The number of hydrogen-bond donors (Lipinski definition) is 1. The molecule has 1 N–H and O–H groups in total. The third-order valence-corrected chi connectivity index (χ3v) is 10.0. The van der Waals surface area contributed by atoms with Crippen LogP contribution >= 0.6 is 0 Å². The van der Waals surface area contributed by atoms with Gasteiger partial charge in [-0.15, -0.1) is 0 Å². The lowest BCUT2D eigenvalue weighted by Gasteiger charge is -2.31. The molecule has 60 heavy (non-hydrogen) atoms. The van der Waals surface area contributed by atoms with Crippen molar-refractivity contribution in [2.75, 3.05) is 41.0 Å². The van der Waals surface area contributed by atoms with Crippen LogP contribution < -0.4 is 0 Å². The van der Waals surface area contributed by atoms with Crippen LogP contribution in [0.1, 0.15) is 174 Å². The molecule has 0 aromatic carbocycles. The smallest absolute Gasteiger partial charge is 0.362 e. The predicted molar refractivity (Wildman–Crippen MR) is 252 cm³/mol. The molecule has 0 aliphatic heterocycles. The van der Waals surface area contributed by atoms with Gasteiger partial charge in [0.25, 0.3) is 0 Å². The van der Waals surface area contributed by atoms with Crippen LogP contribution in [0.2, 0.25) is 0 Å². The largest absolute Gasteiger partial charge is 0.477 e. The zero-order chi connectivity index (χ0) is 44.2. The van der Waals surface area contributed by atoms with Crippen LogP contribution in [0.15, 0.2) is 85.1 Å². The number of carbonyl (C=O) groups excluding carboxylic acids is 2. The summed E-state index contributed by atoms with van der Waals surface area (Å²) in [5.41, 5.74) is 0. The summed E-state index contributed by atoms with van der Waals surface area (Å²) in [6, 6.07) is -0.626.